The van der Waals surface area contributed by atoms with Gasteiger partial charge in [-0.2, -0.15) is 0 Å². The van der Waals surface area contributed by atoms with E-state index in [0.29, 0.717) is 5.75 Å². The lowest BCUT2D eigenvalue weighted by Gasteiger charge is -2.00. The number of ether oxygens (including phenoxy) is 1. The topological polar surface area (TPSA) is 42.1 Å². The quantitative estimate of drug-likeness (QED) is 0.643. The van der Waals surface area contributed by atoms with E-state index in [1.165, 1.54) is 7.85 Å². The fourth-order valence-electron chi connectivity index (χ4n) is 2.06. The molecule has 0 saturated heterocycles. The molecule has 1 heterocycles. The molecule has 0 spiro atoms. The van der Waals surface area contributed by atoms with Gasteiger partial charge in [-0.25, -0.2) is 0 Å². The van der Waals surface area contributed by atoms with Crippen LogP contribution in [-0.4, -0.2) is 18.7 Å². The second-order valence-electron chi connectivity index (χ2n) is 3.97. The van der Waals surface area contributed by atoms with Crippen molar-refractivity contribution in [1.29, 1.82) is 0 Å². The molecule has 0 aliphatic heterocycles. The lowest BCUT2D eigenvalue weighted by molar-refractivity contribution is 0.225. The number of hydrogen-bond donors (Lipinski definition) is 1. The Kier molecular flexibility index (Phi) is 2.15. The van der Waals surface area contributed by atoms with Gasteiger partial charge in [-0.3, -0.25) is 4.79 Å². The summed E-state index contributed by atoms with van der Waals surface area (Å²) in [5.74, 6) is 0.277. The third-order valence-corrected chi connectivity index (χ3v) is 2.74. The van der Waals surface area contributed by atoms with Crippen molar-refractivity contribution in [3.05, 3.63) is 42.5 Å². The van der Waals surface area contributed by atoms with Crippen LogP contribution in [0.4, 0.5) is 4.79 Å². The average molecular weight is 223 g/mol. The fourth-order valence-corrected chi connectivity index (χ4v) is 2.06. The average Bonchev–Trinajstić information content (AvgIpc) is 2.66. The number of aromatic amines is 1. The number of hydrogen-bond acceptors (Lipinski definition) is 2. The number of para-hydroxylation sites is 1. The molecule has 0 unspecified atom stereocenters. The van der Waals surface area contributed by atoms with E-state index in [4.69, 9.17) is 4.74 Å². The minimum Gasteiger partial charge on any atom is -0.435 e. The first-order valence-corrected chi connectivity index (χ1v) is 5.43. The maximum absolute atomic E-state index is 10.9. The molecule has 1 N–H and O–H groups in total. The van der Waals surface area contributed by atoms with Crippen molar-refractivity contribution in [2.45, 2.75) is 0 Å². The van der Waals surface area contributed by atoms with E-state index in [2.05, 4.69) is 4.98 Å². The first-order valence-electron chi connectivity index (χ1n) is 5.43. The molecule has 1 aromatic heterocycles. The third-order valence-electron chi connectivity index (χ3n) is 2.74. The van der Waals surface area contributed by atoms with Gasteiger partial charge < -0.3 is 9.72 Å². The summed E-state index contributed by atoms with van der Waals surface area (Å²) in [5, 5.41) is 2.20. The van der Waals surface area contributed by atoms with Crippen molar-refractivity contribution in [3.8, 4) is 5.75 Å². The molecule has 0 radical (unpaired) electrons. The smallest absolute Gasteiger partial charge is 0.248 e. The molecule has 0 amide bonds. The van der Waals surface area contributed by atoms with E-state index in [0.717, 1.165) is 21.8 Å². The third kappa shape index (κ3) is 1.67. The van der Waals surface area contributed by atoms with Crippen LogP contribution in [-0.2, 0) is 0 Å². The van der Waals surface area contributed by atoms with Crippen LogP contribution >= 0.6 is 0 Å². The van der Waals surface area contributed by atoms with Crippen LogP contribution in [0.2, 0.25) is 0 Å². The molecular weight excluding hydrogens is 213 g/mol. The van der Waals surface area contributed by atoms with Gasteiger partial charge in [0.2, 0.25) is 13.7 Å². The minimum absolute atomic E-state index is 0.302. The maximum atomic E-state index is 10.9. The van der Waals surface area contributed by atoms with Gasteiger partial charge in [-0.1, -0.05) is 18.2 Å². The molecular formula is C13H10BNO2. The zero-order valence-corrected chi connectivity index (χ0v) is 9.36. The predicted molar refractivity (Wildman–Crippen MR) is 70.4 cm³/mol. The van der Waals surface area contributed by atoms with Crippen molar-refractivity contribution in [3.63, 3.8) is 0 Å². The van der Waals surface area contributed by atoms with Crippen LogP contribution < -0.4 is 4.74 Å². The van der Waals surface area contributed by atoms with Crippen LogP contribution in [0.25, 0.3) is 21.8 Å². The number of carbonyl (C=O) groups is 1. The molecule has 0 aliphatic carbocycles. The van der Waals surface area contributed by atoms with Crippen molar-refractivity contribution in [1.82, 2.24) is 4.98 Å². The van der Waals surface area contributed by atoms with E-state index in [-0.39, 0.29) is 5.87 Å². The molecule has 3 rings (SSSR count). The highest BCUT2D eigenvalue weighted by atomic mass is 16.5. The second kappa shape index (κ2) is 3.66. The number of aromatic nitrogens is 1. The van der Waals surface area contributed by atoms with E-state index in [1.807, 2.05) is 36.4 Å². The van der Waals surface area contributed by atoms with Crippen LogP contribution in [0.3, 0.4) is 0 Å². The number of H-pyrrole nitrogens is 1. The molecule has 3 nitrogen and oxygen atoms in total. The van der Waals surface area contributed by atoms with Crippen molar-refractivity contribution >= 4 is 35.5 Å². The Morgan fingerprint density at radius 2 is 1.82 bits per heavy atom. The molecule has 4 heteroatoms. The molecule has 0 fully saturated rings. The van der Waals surface area contributed by atoms with Crippen molar-refractivity contribution in [2.75, 3.05) is 0 Å². The first-order chi connectivity index (χ1) is 8.24. The molecule has 0 saturated carbocycles. The van der Waals surface area contributed by atoms with Crippen LogP contribution in [0, 0.1) is 0 Å². The number of fused-ring (bicyclic) bond motifs is 3. The lowest BCUT2D eigenvalue weighted by Crippen LogP contribution is -2.03. The molecule has 17 heavy (non-hydrogen) atoms. The van der Waals surface area contributed by atoms with E-state index < -0.39 is 0 Å². The maximum Gasteiger partial charge on any atom is 0.248 e. The molecule has 0 atom stereocenters. The summed E-state index contributed by atoms with van der Waals surface area (Å²) in [7, 11) is 1.40. The highest BCUT2D eigenvalue weighted by molar-refractivity contribution is 6.55. The van der Waals surface area contributed by atoms with Gasteiger partial charge in [0.1, 0.15) is 5.75 Å². The van der Waals surface area contributed by atoms with Crippen LogP contribution in [0.15, 0.2) is 42.5 Å². The zero-order valence-electron chi connectivity index (χ0n) is 9.36. The number of benzene rings is 2. The predicted octanol–water partition coefficient (Wildman–Crippen LogP) is 2.45. The summed E-state index contributed by atoms with van der Waals surface area (Å²) >= 11 is 0. The summed E-state index contributed by atoms with van der Waals surface area (Å²) < 4.78 is 5.09. The second-order valence-corrected chi connectivity index (χ2v) is 3.97. The van der Waals surface area contributed by atoms with Gasteiger partial charge in [-0.05, 0) is 24.3 Å². The highest BCUT2D eigenvalue weighted by Gasteiger charge is 2.05. The molecule has 0 bridgehead atoms. The number of nitrogens with one attached hydrogen (secondary N) is 1. The molecule has 82 valence electrons. The summed E-state index contributed by atoms with van der Waals surface area (Å²) in [6.07, 6.45) is 0. The SMILES string of the molecule is BC(=O)Oc1ccc2[nH]c3ccccc3c2c1. The molecule has 2 aromatic carbocycles. The number of rotatable bonds is 1. The Morgan fingerprint density at radius 3 is 2.65 bits per heavy atom. The van der Waals surface area contributed by atoms with Gasteiger partial charge in [0.05, 0.1) is 0 Å². The largest absolute Gasteiger partial charge is 0.435 e. The van der Waals surface area contributed by atoms with E-state index >= 15 is 0 Å². The first kappa shape index (κ1) is 9.96. The van der Waals surface area contributed by atoms with Gasteiger partial charge in [0.15, 0.2) is 0 Å². The van der Waals surface area contributed by atoms with E-state index in [9.17, 15) is 4.79 Å². The van der Waals surface area contributed by atoms with Gasteiger partial charge in [0, 0.05) is 21.8 Å². The summed E-state index contributed by atoms with van der Waals surface area (Å²) in [6, 6.07) is 13.7. The molecule has 0 aliphatic rings. The Balaban J connectivity index is 2.26. The fraction of sp³-hybridized carbons (Fsp3) is 0. The summed E-state index contributed by atoms with van der Waals surface area (Å²) in [5.41, 5.74) is 2.13. The normalized spacial score (nSPS) is 10.8. The lowest BCUT2D eigenvalue weighted by atomic mass is 10.1. The Hall–Kier alpha value is -2.23. The standard InChI is InChI=1S/C13H10BNO2/c14-13(16)17-8-5-6-12-10(7-8)9-3-1-2-4-11(9)15-12/h1-7,15H,14H2. The molecule has 3 aromatic rings. The minimum atomic E-state index is -0.302. The van der Waals surface area contributed by atoms with Crippen LogP contribution in [0.1, 0.15) is 0 Å². The van der Waals surface area contributed by atoms with Gasteiger partial charge in [0.25, 0.3) is 0 Å². The number of carbonyl (C=O) groups excluding carboxylic acids is 1. The Morgan fingerprint density at radius 1 is 1.06 bits per heavy atom. The van der Waals surface area contributed by atoms with Gasteiger partial charge in [-0.15, -0.1) is 0 Å². The van der Waals surface area contributed by atoms with Crippen molar-refractivity contribution < 1.29 is 9.53 Å². The Labute approximate surface area is 98.8 Å². The zero-order chi connectivity index (χ0) is 11.8. The van der Waals surface area contributed by atoms with Gasteiger partial charge >= 0.3 is 0 Å². The van der Waals surface area contributed by atoms with E-state index in [1.54, 1.807) is 6.07 Å². The monoisotopic (exact) mass is 223 g/mol. The van der Waals surface area contributed by atoms with Crippen molar-refractivity contribution in [2.24, 2.45) is 0 Å². The highest BCUT2D eigenvalue weighted by Crippen LogP contribution is 2.28. The Bertz CT molecular complexity index is 718. The summed E-state index contributed by atoms with van der Waals surface area (Å²) in [4.78, 5) is 14.2. The summed E-state index contributed by atoms with van der Waals surface area (Å²) in [6.45, 7) is 0. The van der Waals surface area contributed by atoms with Crippen LogP contribution in [0.5, 0.6) is 5.75 Å².